The third-order valence-electron chi connectivity index (χ3n) is 21.5. The van der Waals surface area contributed by atoms with E-state index in [0.29, 0.717) is 0 Å². The molecule has 0 radical (unpaired) electrons. The second-order valence-electron chi connectivity index (χ2n) is 30.5. The topological polar surface area (TPSA) is 15.5 Å². The lowest BCUT2D eigenvalue weighted by Crippen LogP contribution is -3.00. The van der Waals surface area contributed by atoms with Crippen LogP contribution < -0.4 is 86.2 Å². The molecular weight excluding hydrogens is 1900 g/mol. The van der Waals surface area contributed by atoms with Gasteiger partial charge in [-0.3, -0.25) is 0 Å². The minimum Gasteiger partial charge on any atom is -1.00 e. The Labute approximate surface area is 753 Å². The highest BCUT2D eigenvalue weighted by Gasteiger charge is 2.16. The van der Waals surface area contributed by atoms with Gasteiger partial charge in [0.1, 0.15) is 26.2 Å². The van der Waals surface area contributed by atoms with Crippen LogP contribution in [0.1, 0.15) is 243 Å². The Balaban J connectivity index is 0.000000560. The van der Waals surface area contributed by atoms with Crippen molar-refractivity contribution in [2.45, 2.75) is 257 Å². The van der Waals surface area contributed by atoms with Gasteiger partial charge in [0, 0.05) is 119 Å². The third kappa shape index (κ3) is 39.3. The van der Waals surface area contributed by atoms with E-state index < -0.39 is 0 Å². The summed E-state index contributed by atoms with van der Waals surface area (Å²) in [5.41, 5.74) is 24.1. The van der Waals surface area contributed by atoms with Crippen molar-refractivity contribution in [1.82, 2.24) is 0 Å². The van der Waals surface area contributed by atoms with Gasteiger partial charge < -0.3 is 67.9 Å². The zero-order valence-corrected chi connectivity index (χ0v) is 79.7. The van der Waals surface area contributed by atoms with Gasteiger partial charge in [0.05, 0.1) is 0 Å². The summed E-state index contributed by atoms with van der Waals surface area (Å²) < 4.78 is 9.65. The fourth-order valence-corrected chi connectivity index (χ4v) is 17.1. The Morgan fingerprint density at radius 3 is 0.527 bits per heavy atom. The predicted octanol–water partition coefficient (Wildman–Crippen LogP) is 13.0. The van der Waals surface area contributed by atoms with E-state index in [2.05, 4.69) is 326 Å². The van der Waals surface area contributed by atoms with Gasteiger partial charge >= 0.3 is 0 Å². The van der Waals surface area contributed by atoms with Crippen LogP contribution in [0.4, 0.5) is 0 Å². The number of aromatic nitrogens is 4. The molecule has 604 valence electrons. The molecule has 0 aliphatic rings. The smallest absolute Gasteiger partial charge is 0.172 e. The molecule has 0 N–H and O–H groups in total. The highest BCUT2D eigenvalue weighted by Crippen LogP contribution is 2.28. The number of nitrogens with zero attached hydrogens (tertiary/aromatic N) is 4. The maximum absolute atomic E-state index is 3.59. The summed E-state index contributed by atoms with van der Waals surface area (Å²) in [6.45, 7) is 4.28. The molecule has 0 saturated carbocycles. The Bertz CT molecular complexity index is 3540. The van der Waals surface area contributed by atoms with Crippen molar-refractivity contribution in [3.05, 3.63) is 333 Å². The number of pyridine rings is 4. The Morgan fingerprint density at radius 1 is 0.179 bits per heavy atom. The SMILES string of the molecule is BrCCCCCc1cc(CCCCCBr)c(CCCCCBr)cc1CCCCCBr.[Br-].[Br-].[Br-].[Br-].c1ccc(Cc2ccc[n+](CCCCCc3cc(CCCCC[n+]4cccc(Cc5ccccc5)c4)c(CCCCC[n+]4cccc(Cc5ccccc5)c4)cc3CCCCC[n+]3cccc(Cc4ccccc4)c3)c2)cc1. The number of hydrogen-bond donors (Lipinski definition) is 0. The Morgan fingerprint density at radius 2 is 0.348 bits per heavy atom. The maximum atomic E-state index is 3.59. The van der Waals surface area contributed by atoms with Gasteiger partial charge in [0.15, 0.2) is 49.6 Å². The van der Waals surface area contributed by atoms with Crippen LogP contribution in [0.25, 0.3) is 0 Å². The van der Waals surface area contributed by atoms with Gasteiger partial charge in [-0.15, -0.1) is 0 Å². The van der Waals surface area contributed by atoms with Crippen LogP contribution in [-0.2, 0) is 103 Å². The molecular formula is C100H128Br8N4. The molecule has 12 heteroatoms. The molecule has 0 fully saturated rings. The number of benzene rings is 6. The van der Waals surface area contributed by atoms with Gasteiger partial charge in [-0.25, -0.2) is 18.3 Å². The first-order chi connectivity index (χ1) is 53.4. The summed E-state index contributed by atoms with van der Waals surface area (Å²) in [4.78, 5) is 0. The highest BCUT2D eigenvalue weighted by atomic mass is 79.9. The molecule has 6 aromatic carbocycles. The molecule has 4 nitrogen and oxygen atoms in total. The van der Waals surface area contributed by atoms with E-state index in [-0.39, 0.29) is 67.9 Å². The largest absolute Gasteiger partial charge is 1.00 e. The summed E-state index contributed by atoms with van der Waals surface area (Å²) in [6, 6.07) is 72.1. The molecule has 10 aromatic rings. The zero-order chi connectivity index (χ0) is 74.9. The average Bonchev–Trinajstić information content (AvgIpc) is 0.829. The van der Waals surface area contributed by atoms with E-state index in [9.17, 15) is 0 Å². The van der Waals surface area contributed by atoms with Crippen molar-refractivity contribution in [2.75, 3.05) is 21.3 Å². The van der Waals surface area contributed by atoms with Crippen molar-refractivity contribution < 1.29 is 86.2 Å². The molecule has 0 bridgehead atoms. The second-order valence-corrected chi connectivity index (χ2v) is 33.6. The monoisotopic (exact) mass is 2020 g/mol. The van der Waals surface area contributed by atoms with Crippen LogP contribution in [0.2, 0.25) is 0 Å². The van der Waals surface area contributed by atoms with Gasteiger partial charge in [-0.1, -0.05) is 235 Å². The lowest BCUT2D eigenvalue weighted by molar-refractivity contribution is -0.697. The molecule has 112 heavy (non-hydrogen) atoms. The summed E-state index contributed by atoms with van der Waals surface area (Å²) in [6.07, 6.45) is 62.7. The number of aryl methyl sites for hydroxylation is 12. The summed E-state index contributed by atoms with van der Waals surface area (Å²) in [7, 11) is 0. The third-order valence-corrected chi connectivity index (χ3v) is 23.7. The van der Waals surface area contributed by atoms with Crippen LogP contribution in [0.5, 0.6) is 0 Å². The quantitative estimate of drug-likeness (QED) is 0.0205. The minimum atomic E-state index is 0. The lowest BCUT2D eigenvalue weighted by atomic mass is 9.88. The fourth-order valence-electron chi connectivity index (χ4n) is 15.5. The summed E-state index contributed by atoms with van der Waals surface area (Å²) in [5, 5.41) is 4.55. The van der Waals surface area contributed by atoms with Gasteiger partial charge in [0.2, 0.25) is 0 Å². The van der Waals surface area contributed by atoms with E-state index in [4.69, 9.17) is 0 Å². The van der Waals surface area contributed by atoms with Crippen molar-refractivity contribution >= 4 is 63.7 Å². The first-order valence-electron chi connectivity index (χ1n) is 42.0. The first kappa shape index (κ1) is 98.3. The zero-order valence-electron chi connectivity index (χ0n) is 67.0. The molecule has 0 spiro atoms. The maximum Gasteiger partial charge on any atom is 0.172 e. The van der Waals surface area contributed by atoms with Gasteiger partial charge in [0.25, 0.3) is 0 Å². The van der Waals surface area contributed by atoms with Gasteiger partial charge in [-0.2, -0.15) is 0 Å². The molecule has 0 atom stereocenters. The fraction of sp³-hybridized carbons (Fsp3) is 0.440. The lowest BCUT2D eigenvalue weighted by Gasteiger charge is -2.17. The standard InChI is InChI=1S/C74H86N4.C26H42Br4.4BrH/c1-9-29-63(30-10-1)53-67-37-25-49-75(59-67)45-21-5-17-41-71-57-73(43-19-7-23-47-77-51-27-39-69(61-77)55-65-33-13-3-14-34-65)74(44-20-8-24-48-78-52-28-40-70(62-78)56-66-35-15-4-16-36-66)58-72(71)42-18-6-22-46-76-50-26-38-68(60-76)54-64-31-11-2-12-32-64;27-17-9-1-5-13-23-21-25(15-7-3-11-19-29)26(16-8-4-12-20-30)22-24(23)14-6-2-10-18-28;;;;/h1-4,9-16,25-40,49-52,57-62H,5-8,17-24,41-48,53-56H2;21-22H,1-20H2;4*1H/q+4;;;;;/p-4. The molecule has 0 aliphatic heterocycles. The van der Waals surface area contributed by atoms with Crippen molar-refractivity contribution in [1.29, 1.82) is 0 Å². The highest BCUT2D eigenvalue weighted by molar-refractivity contribution is 9.09. The van der Waals surface area contributed by atoms with E-state index in [0.717, 1.165) is 73.2 Å². The van der Waals surface area contributed by atoms with Crippen molar-refractivity contribution in [3.8, 4) is 0 Å². The van der Waals surface area contributed by atoms with Gasteiger partial charge in [-0.05, 0) is 245 Å². The van der Waals surface area contributed by atoms with Crippen molar-refractivity contribution in [3.63, 3.8) is 0 Å². The minimum absolute atomic E-state index is 0. The summed E-state index contributed by atoms with van der Waals surface area (Å²) >= 11 is 14.3. The molecule has 0 unspecified atom stereocenters. The van der Waals surface area contributed by atoms with E-state index in [1.807, 2.05) is 0 Å². The van der Waals surface area contributed by atoms with Crippen LogP contribution in [-0.4, -0.2) is 21.3 Å². The number of rotatable bonds is 52. The van der Waals surface area contributed by atoms with Crippen molar-refractivity contribution in [2.24, 2.45) is 0 Å². The van der Waals surface area contributed by atoms with Crippen LogP contribution in [0.15, 0.2) is 244 Å². The molecule has 0 saturated heterocycles. The normalized spacial score (nSPS) is 10.9. The number of halogens is 8. The number of unbranched alkanes of at least 4 members (excludes halogenated alkanes) is 16. The van der Waals surface area contributed by atoms with E-state index >= 15 is 0 Å². The molecule has 4 aromatic heterocycles. The average molecular weight is 2030 g/mol. The van der Waals surface area contributed by atoms with Crippen LogP contribution >= 0.6 is 63.7 Å². The Hall–Kier alpha value is -4.24. The van der Waals surface area contributed by atoms with E-state index in [1.54, 1.807) is 44.5 Å². The molecule has 0 amide bonds. The second kappa shape index (κ2) is 61.1. The number of alkyl halides is 4. The Kier molecular flexibility index (Phi) is 53.7. The molecule has 10 rings (SSSR count). The first-order valence-corrected chi connectivity index (χ1v) is 46.5. The molecule has 4 heterocycles. The van der Waals surface area contributed by atoms with E-state index in [1.165, 1.54) is 250 Å². The van der Waals surface area contributed by atoms with Crippen LogP contribution in [0, 0.1) is 0 Å². The van der Waals surface area contributed by atoms with Crippen LogP contribution in [0.3, 0.4) is 0 Å². The number of hydrogen-bond acceptors (Lipinski definition) is 0. The predicted molar refractivity (Wildman–Crippen MR) is 472 cm³/mol. The molecule has 0 aliphatic carbocycles. The summed E-state index contributed by atoms with van der Waals surface area (Å²) in [5.74, 6) is 0.